The van der Waals surface area contributed by atoms with E-state index < -0.39 is 17.8 Å². The van der Waals surface area contributed by atoms with Gasteiger partial charge in [0.05, 0.1) is 29.0 Å². The van der Waals surface area contributed by atoms with Crippen molar-refractivity contribution in [2.75, 3.05) is 13.1 Å². The minimum absolute atomic E-state index is 0.117. The van der Waals surface area contributed by atoms with Crippen LogP contribution in [0.15, 0.2) is 48.5 Å². The van der Waals surface area contributed by atoms with Crippen molar-refractivity contribution in [3.63, 3.8) is 0 Å². The van der Waals surface area contributed by atoms with Crippen LogP contribution in [0, 0.1) is 11.8 Å². The highest BCUT2D eigenvalue weighted by molar-refractivity contribution is 6.21. The molecule has 1 saturated carbocycles. The maximum absolute atomic E-state index is 13.7. The lowest BCUT2D eigenvalue weighted by Gasteiger charge is -2.41. The van der Waals surface area contributed by atoms with Crippen LogP contribution in [0.1, 0.15) is 70.0 Å². The van der Waals surface area contributed by atoms with Crippen molar-refractivity contribution in [1.82, 2.24) is 9.80 Å². The summed E-state index contributed by atoms with van der Waals surface area (Å²) >= 11 is 0. The van der Waals surface area contributed by atoms with Gasteiger partial charge in [-0.05, 0) is 48.9 Å². The number of hydrogen-bond donors (Lipinski definition) is 1. The van der Waals surface area contributed by atoms with E-state index in [1.54, 1.807) is 24.3 Å². The van der Waals surface area contributed by atoms with E-state index in [2.05, 4.69) is 0 Å². The fraction of sp³-hybridized carbons (Fsp3) is 0.407. The summed E-state index contributed by atoms with van der Waals surface area (Å²) in [6.07, 6.45) is 3.90. The molecule has 2 aromatic rings. The van der Waals surface area contributed by atoms with Crippen LogP contribution in [0.4, 0.5) is 0 Å². The molecule has 2 heterocycles. The van der Waals surface area contributed by atoms with Gasteiger partial charge in [0.1, 0.15) is 0 Å². The molecule has 7 nitrogen and oxygen atoms in total. The number of carbonyl (C=O) groups excluding carboxylic acids is 3. The molecule has 1 N–H and O–H groups in total. The summed E-state index contributed by atoms with van der Waals surface area (Å²) in [6.45, 7) is 0.702. The third-order valence-corrected chi connectivity index (χ3v) is 7.60. The Morgan fingerprint density at radius 2 is 1.50 bits per heavy atom. The lowest BCUT2D eigenvalue weighted by Crippen LogP contribution is -2.47. The SMILES string of the molecule is O=C(O)C1CCCCC1C(=O)N1CCc2ccccc2[C@H]1CCN1C(=O)c2ccccc2C1=O. The molecule has 0 spiro atoms. The Balaban J connectivity index is 1.41. The van der Waals surface area contributed by atoms with Gasteiger partial charge in [0, 0.05) is 13.1 Å². The molecular weight excluding hydrogens is 432 g/mol. The zero-order chi connectivity index (χ0) is 23.8. The third-order valence-electron chi connectivity index (χ3n) is 7.60. The number of benzene rings is 2. The number of carboxylic acids is 1. The van der Waals surface area contributed by atoms with Crippen LogP contribution in [0.25, 0.3) is 0 Å². The summed E-state index contributed by atoms with van der Waals surface area (Å²) < 4.78 is 0. The van der Waals surface area contributed by atoms with Crippen molar-refractivity contribution < 1.29 is 24.3 Å². The molecule has 2 aliphatic heterocycles. The highest BCUT2D eigenvalue weighted by Crippen LogP contribution is 2.38. The van der Waals surface area contributed by atoms with Gasteiger partial charge in [-0.1, -0.05) is 49.2 Å². The zero-order valence-electron chi connectivity index (χ0n) is 19.0. The van der Waals surface area contributed by atoms with Crippen molar-refractivity contribution in [3.05, 3.63) is 70.8 Å². The summed E-state index contributed by atoms with van der Waals surface area (Å²) in [6, 6.07) is 14.5. The van der Waals surface area contributed by atoms with Gasteiger partial charge in [-0.25, -0.2) is 0 Å². The average molecular weight is 461 g/mol. The van der Waals surface area contributed by atoms with E-state index in [1.807, 2.05) is 29.2 Å². The molecule has 0 radical (unpaired) electrons. The molecule has 34 heavy (non-hydrogen) atoms. The van der Waals surface area contributed by atoms with Gasteiger partial charge in [0.25, 0.3) is 11.8 Å². The summed E-state index contributed by atoms with van der Waals surface area (Å²) in [7, 11) is 0. The standard InChI is InChI=1S/C27H28N2O5/c30-24(21-11-5-6-12-22(21)27(33)34)28-15-13-17-7-1-2-8-18(17)23(28)14-16-29-25(31)19-9-3-4-10-20(19)26(29)32/h1-4,7-10,21-23H,5-6,11-16H2,(H,33,34)/t21?,22?,23-/m1/s1. The van der Waals surface area contributed by atoms with Crippen LogP contribution in [0.5, 0.6) is 0 Å². The fourth-order valence-electron chi connectivity index (χ4n) is 5.86. The van der Waals surface area contributed by atoms with Crippen molar-refractivity contribution in [2.24, 2.45) is 11.8 Å². The van der Waals surface area contributed by atoms with E-state index in [1.165, 1.54) is 4.90 Å². The number of imide groups is 1. The molecule has 0 saturated heterocycles. The number of fused-ring (bicyclic) bond motifs is 2. The molecule has 0 bridgehead atoms. The van der Waals surface area contributed by atoms with Crippen molar-refractivity contribution >= 4 is 23.7 Å². The van der Waals surface area contributed by atoms with Gasteiger partial charge in [-0.15, -0.1) is 0 Å². The number of nitrogens with zero attached hydrogens (tertiary/aromatic N) is 2. The Hall–Kier alpha value is -3.48. The van der Waals surface area contributed by atoms with Gasteiger partial charge in [-0.3, -0.25) is 24.1 Å². The van der Waals surface area contributed by atoms with Crippen LogP contribution in [0.2, 0.25) is 0 Å². The average Bonchev–Trinajstić information content (AvgIpc) is 3.11. The molecule has 7 heteroatoms. The quantitative estimate of drug-likeness (QED) is 0.687. The lowest BCUT2D eigenvalue weighted by atomic mass is 9.77. The van der Waals surface area contributed by atoms with Gasteiger partial charge in [0.2, 0.25) is 5.91 Å². The molecule has 5 rings (SSSR count). The first kappa shape index (κ1) is 22.3. The Morgan fingerprint density at radius 1 is 0.882 bits per heavy atom. The summed E-state index contributed by atoms with van der Waals surface area (Å²) in [4.78, 5) is 54.4. The predicted molar refractivity (Wildman–Crippen MR) is 124 cm³/mol. The second-order valence-corrected chi connectivity index (χ2v) is 9.43. The second kappa shape index (κ2) is 9.05. The second-order valence-electron chi connectivity index (χ2n) is 9.43. The van der Waals surface area contributed by atoms with Gasteiger partial charge >= 0.3 is 5.97 Å². The first-order valence-electron chi connectivity index (χ1n) is 12.0. The number of carbonyl (C=O) groups is 4. The highest BCUT2D eigenvalue weighted by atomic mass is 16.4. The Bertz CT molecular complexity index is 1120. The topological polar surface area (TPSA) is 95.0 Å². The number of rotatable bonds is 5. The van der Waals surface area contributed by atoms with E-state index in [9.17, 15) is 24.3 Å². The number of amides is 3. The van der Waals surface area contributed by atoms with Crippen LogP contribution in [-0.2, 0) is 16.0 Å². The van der Waals surface area contributed by atoms with E-state index in [4.69, 9.17) is 0 Å². The molecule has 176 valence electrons. The van der Waals surface area contributed by atoms with Crippen LogP contribution >= 0.6 is 0 Å². The molecule has 0 aromatic heterocycles. The fourth-order valence-corrected chi connectivity index (χ4v) is 5.86. The maximum atomic E-state index is 13.7. The maximum Gasteiger partial charge on any atom is 0.307 e. The monoisotopic (exact) mass is 460 g/mol. The third kappa shape index (κ3) is 3.79. The summed E-state index contributed by atoms with van der Waals surface area (Å²) in [5.74, 6) is -2.82. The molecule has 1 aliphatic carbocycles. The Labute approximate surface area is 198 Å². The van der Waals surface area contributed by atoms with E-state index in [0.717, 1.165) is 24.0 Å². The molecule has 2 unspecified atom stereocenters. The smallest absolute Gasteiger partial charge is 0.307 e. The molecule has 3 amide bonds. The summed E-state index contributed by atoms with van der Waals surface area (Å²) in [5, 5.41) is 9.72. The van der Waals surface area contributed by atoms with Crippen molar-refractivity contribution in [1.29, 1.82) is 0 Å². The predicted octanol–water partition coefficient (Wildman–Crippen LogP) is 3.69. The first-order chi connectivity index (χ1) is 16.5. The van der Waals surface area contributed by atoms with Crippen LogP contribution < -0.4 is 0 Å². The van der Waals surface area contributed by atoms with Gasteiger partial charge < -0.3 is 10.0 Å². The number of carboxylic acid groups (broad SMARTS) is 1. The normalized spacial score (nSPS) is 24.1. The molecular formula is C27H28N2O5. The molecule has 2 aromatic carbocycles. The van der Waals surface area contributed by atoms with Crippen LogP contribution in [0.3, 0.4) is 0 Å². The number of hydrogen-bond acceptors (Lipinski definition) is 4. The first-order valence-corrected chi connectivity index (χ1v) is 12.0. The largest absolute Gasteiger partial charge is 0.481 e. The molecule has 3 atom stereocenters. The van der Waals surface area contributed by atoms with Gasteiger partial charge in [0.15, 0.2) is 0 Å². The zero-order valence-corrected chi connectivity index (χ0v) is 19.0. The van der Waals surface area contributed by atoms with Crippen LogP contribution in [-0.4, -0.2) is 51.7 Å². The van der Waals surface area contributed by atoms with E-state index >= 15 is 0 Å². The van der Waals surface area contributed by atoms with Crippen molar-refractivity contribution in [3.8, 4) is 0 Å². The highest BCUT2D eigenvalue weighted by Gasteiger charge is 2.42. The minimum atomic E-state index is -0.905. The molecule has 1 fully saturated rings. The summed E-state index contributed by atoms with van der Waals surface area (Å²) in [5.41, 5.74) is 2.99. The number of aliphatic carboxylic acids is 1. The molecule has 3 aliphatic rings. The van der Waals surface area contributed by atoms with E-state index in [0.29, 0.717) is 43.4 Å². The van der Waals surface area contributed by atoms with E-state index in [-0.39, 0.29) is 30.3 Å². The van der Waals surface area contributed by atoms with Crippen molar-refractivity contribution in [2.45, 2.75) is 44.6 Å². The Morgan fingerprint density at radius 3 is 2.18 bits per heavy atom. The lowest BCUT2D eigenvalue weighted by molar-refractivity contribution is -0.153. The Kier molecular flexibility index (Phi) is 5.94. The van der Waals surface area contributed by atoms with Gasteiger partial charge in [-0.2, -0.15) is 0 Å². The minimum Gasteiger partial charge on any atom is -0.481 e.